The monoisotopic (exact) mass is 283 g/mol. The molecule has 0 aromatic heterocycles. The molecule has 0 aliphatic carbocycles. The van der Waals surface area contributed by atoms with Gasteiger partial charge in [0, 0.05) is 5.69 Å². The van der Waals surface area contributed by atoms with E-state index in [4.69, 9.17) is 4.74 Å². The maximum Gasteiger partial charge on any atom is 0.212 e. The van der Waals surface area contributed by atoms with E-state index < -0.39 is 24.1 Å². The molecule has 2 rings (SSSR count). The number of aryl methyl sites for hydroxylation is 1. The van der Waals surface area contributed by atoms with Crippen LogP contribution in [-0.4, -0.2) is 57.7 Å². The third-order valence-corrected chi connectivity index (χ3v) is 3.56. The molecule has 1 aromatic rings. The number of hydrogen-bond acceptors (Lipinski definition) is 6. The largest absolute Gasteiger partial charge is 0.388 e. The van der Waals surface area contributed by atoms with Crippen LogP contribution in [0.1, 0.15) is 12.5 Å². The van der Waals surface area contributed by atoms with Crippen LogP contribution in [0.5, 0.6) is 0 Å². The van der Waals surface area contributed by atoms with Crippen LogP contribution < -0.4 is 5.32 Å². The maximum absolute atomic E-state index is 10.2. The first-order valence-electron chi connectivity index (χ1n) is 6.69. The van der Waals surface area contributed by atoms with Crippen molar-refractivity contribution in [3.63, 3.8) is 0 Å². The zero-order chi connectivity index (χ0) is 14.8. The summed E-state index contributed by atoms with van der Waals surface area (Å²) in [6.07, 6.45) is -3.32. The minimum absolute atomic E-state index is 0.0921. The van der Waals surface area contributed by atoms with E-state index in [0.717, 1.165) is 17.7 Å². The molecule has 6 heteroatoms. The summed E-state index contributed by atoms with van der Waals surface area (Å²) in [6, 6.07) is 7.65. The summed E-state index contributed by atoms with van der Waals surface area (Å²) in [5.74, 6) is -1.93. The second kappa shape index (κ2) is 6.07. The molecule has 1 saturated heterocycles. The first-order chi connectivity index (χ1) is 9.46. The molecule has 1 fully saturated rings. The topological polar surface area (TPSA) is 102 Å². The molecule has 20 heavy (non-hydrogen) atoms. The van der Waals surface area contributed by atoms with Crippen LogP contribution in [0.25, 0.3) is 0 Å². The molecule has 0 radical (unpaired) electrons. The van der Waals surface area contributed by atoms with Gasteiger partial charge in [0.15, 0.2) is 0 Å². The normalized spacial score (nSPS) is 34.0. The van der Waals surface area contributed by atoms with Crippen LogP contribution in [0, 0.1) is 0 Å². The molecule has 0 saturated carbocycles. The summed E-state index contributed by atoms with van der Waals surface area (Å²) in [6.45, 7) is 1.72. The Morgan fingerprint density at radius 1 is 1.35 bits per heavy atom. The van der Waals surface area contributed by atoms with Crippen molar-refractivity contribution in [1.82, 2.24) is 0 Å². The Hall–Kier alpha value is -1.18. The summed E-state index contributed by atoms with van der Waals surface area (Å²) >= 11 is 0. The Morgan fingerprint density at radius 2 is 2.10 bits per heavy atom. The van der Waals surface area contributed by atoms with Crippen molar-refractivity contribution in [1.29, 1.82) is 0 Å². The van der Waals surface area contributed by atoms with E-state index in [2.05, 4.69) is 5.32 Å². The molecule has 4 atom stereocenters. The second-order valence-electron chi connectivity index (χ2n) is 5.07. The smallest absolute Gasteiger partial charge is 0.212 e. The number of aliphatic hydroxyl groups is 4. The van der Waals surface area contributed by atoms with Gasteiger partial charge in [-0.2, -0.15) is 0 Å². The third kappa shape index (κ3) is 3.11. The van der Waals surface area contributed by atoms with Crippen molar-refractivity contribution < 1.29 is 25.2 Å². The Labute approximate surface area is 117 Å². The van der Waals surface area contributed by atoms with Gasteiger partial charge >= 0.3 is 0 Å². The lowest BCUT2D eigenvalue weighted by Crippen LogP contribution is -2.63. The van der Waals surface area contributed by atoms with Crippen molar-refractivity contribution >= 4 is 5.69 Å². The first-order valence-corrected chi connectivity index (χ1v) is 6.69. The maximum atomic E-state index is 10.2. The quantitative estimate of drug-likeness (QED) is 0.509. The van der Waals surface area contributed by atoms with Crippen molar-refractivity contribution in [3.8, 4) is 0 Å². The lowest BCUT2D eigenvalue weighted by molar-refractivity contribution is -0.313. The molecule has 0 spiro atoms. The first kappa shape index (κ1) is 15.2. The molecule has 6 nitrogen and oxygen atoms in total. The van der Waals surface area contributed by atoms with Gasteiger partial charge in [-0.3, -0.25) is 0 Å². The van der Waals surface area contributed by atoms with Gasteiger partial charge in [0.1, 0.15) is 18.3 Å². The molecule has 1 aliphatic rings. The van der Waals surface area contributed by atoms with E-state index in [1.165, 1.54) is 0 Å². The van der Waals surface area contributed by atoms with Gasteiger partial charge in [-0.1, -0.05) is 19.1 Å². The van der Waals surface area contributed by atoms with Gasteiger partial charge in [-0.15, -0.1) is 0 Å². The van der Waals surface area contributed by atoms with Crippen LogP contribution in [-0.2, 0) is 11.2 Å². The van der Waals surface area contributed by atoms with Gasteiger partial charge in [0.05, 0.1) is 13.2 Å². The van der Waals surface area contributed by atoms with Gasteiger partial charge in [-0.05, 0) is 24.1 Å². The summed E-state index contributed by atoms with van der Waals surface area (Å²) < 4.78 is 5.07. The Bertz CT molecular complexity index is 455. The summed E-state index contributed by atoms with van der Waals surface area (Å²) in [7, 11) is 0. The van der Waals surface area contributed by atoms with E-state index in [1.54, 1.807) is 0 Å². The highest BCUT2D eigenvalue weighted by molar-refractivity contribution is 5.46. The lowest BCUT2D eigenvalue weighted by Gasteiger charge is -2.41. The van der Waals surface area contributed by atoms with Crippen LogP contribution >= 0.6 is 0 Å². The summed E-state index contributed by atoms with van der Waals surface area (Å²) in [5, 5.41) is 42.0. The number of hydrogen-bond donors (Lipinski definition) is 5. The molecule has 5 N–H and O–H groups in total. The standard InChI is InChI=1S/C14H21NO5/c1-2-9-4-3-5-10(6-9)15-8-14(19)13(18)12(17)11(16)7-20-14/h3-6,11-13,15-19H,2,7-8H2,1H3/t11-,12-,13+,14-/m1/s1. The number of aliphatic hydroxyl groups excluding tert-OH is 3. The van der Waals surface area contributed by atoms with E-state index in [0.29, 0.717) is 0 Å². The van der Waals surface area contributed by atoms with E-state index in [9.17, 15) is 20.4 Å². The SMILES string of the molecule is CCc1cccc(NC[C@@]2(O)OC[C@@H](O)[C@@H](O)[C@@H]2O)c1. The number of ether oxygens (including phenoxy) is 1. The van der Waals surface area contributed by atoms with Crippen LogP contribution in [0.2, 0.25) is 0 Å². The Morgan fingerprint density at radius 3 is 2.80 bits per heavy atom. The molecule has 1 aromatic carbocycles. The number of rotatable bonds is 4. The molecule has 1 heterocycles. The summed E-state index contributed by atoms with van der Waals surface area (Å²) in [4.78, 5) is 0. The predicted molar refractivity (Wildman–Crippen MR) is 73.2 cm³/mol. The summed E-state index contributed by atoms with van der Waals surface area (Å²) in [5.41, 5.74) is 1.93. The molecular formula is C14H21NO5. The number of nitrogens with one attached hydrogen (secondary N) is 1. The molecule has 1 aliphatic heterocycles. The van der Waals surface area contributed by atoms with E-state index in [-0.39, 0.29) is 13.2 Å². The highest BCUT2D eigenvalue weighted by Gasteiger charge is 2.48. The average Bonchev–Trinajstić information content (AvgIpc) is 2.48. The van der Waals surface area contributed by atoms with Crippen molar-refractivity contribution in [3.05, 3.63) is 29.8 Å². The molecular weight excluding hydrogens is 262 g/mol. The van der Waals surface area contributed by atoms with E-state index >= 15 is 0 Å². The van der Waals surface area contributed by atoms with Crippen LogP contribution in [0.3, 0.4) is 0 Å². The molecule has 0 amide bonds. The van der Waals surface area contributed by atoms with E-state index in [1.807, 2.05) is 31.2 Å². The highest BCUT2D eigenvalue weighted by atomic mass is 16.6. The second-order valence-corrected chi connectivity index (χ2v) is 5.07. The lowest BCUT2D eigenvalue weighted by atomic mass is 9.97. The van der Waals surface area contributed by atoms with Crippen molar-refractivity contribution in [2.24, 2.45) is 0 Å². The Kier molecular flexibility index (Phi) is 4.62. The third-order valence-electron chi connectivity index (χ3n) is 3.56. The highest BCUT2D eigenvalue weighted by Crippen LogP contribution is 2.24. The average molecular weight is 283 g/mol. The predicted octanol–water partition coefficient (Wildman–Crippen LogP) is -0.538. The van der Waals surface area contributed by atoms with Crippen molar-refractivity contribution in [2.45, 2.75) is 37.4 Å². The van der Waals surface area contributed by atoms with Gasteiger partial charge in [0.25, 0.3) is 0 Å². The minimum atomic E-state index is -1.93. The minimum Gasteiger partial charge on any atom is -0.388 e. The molecule has 0 bridgehead atoms. The fourth-order valence-corrected chi connectivity index (χ4v) is 2.18. The zero-order valence-corrected chi connectivity index (χ0v) is 11.4. The van der Waals surface area contributed by atoms with Crippen LogP contribution in [0.4, 0.5) is 5.69 Å². The zero-order valence-electron chi connectivity index (χ0n) is 11.4. The molecule has 0 unspecified atom stereocenters. The fourth-order valence-electron chi connectivity index (χ4n) is 2.18. The number of anilines is 1. The number of benzene rings is 1. The van der Waals surface area contributed by atoms with Crippen molar-refractivity contribution in [2.75, 3.05) is 18.5 Å². The van der Waals surface area contributed by atoms with Gasteiger partial charge in [0.2, 0.25) is 5.79 Å². The Balaban J connectivity index is 2.01. The van der Waals surface area contributed by atoms with Gasteiger partial charge < -0.3 is 30.5 Å². The van der Waals surface area contributed by atoms with Gasteiger partial charge in [-0.25, -0.2) is 0 Å². The molecule has 112 valence electrons. The van der Waals surface area contributed by atoms with Crippen LogP contribution in [0.15, 0.2) is 24.3 Å². The fraction of sp³-hybridized carbons (Fsp3) is 0.571.